The molecule has 0 radical (unpaired) electrons. The summed E-state index contributed by atoms with van der Waals surface area (Å²) < 4.78 is 10.4. The van der Waals surface area contributed by atoms with E-state index < -0.39 is 0 Å². The Kier molecular flexibility index (Phi) is 3.08. The molecule has 1 aromatic rings. The maximum Gasteiger partial charge on any atom is 0.234 e. The Labute approximate surface area is 110 Å². The number of benzene rings is 1. The van der Waals surface area contributed by atoms with E-state index in [0.29, 0.717) is 30.2 Å². The van der Waals surface area contributed by atoms with Gasteiger partial charge in [0.25, 0.3) is 0 Å². The van der Waals surface area contributed by atoms with Gasteiger partial charge < -0.3 is 14.8 Å². The molecule has 0 atom stereocenters. The van der Waals surface area contributed by atoms with Gasteiger partial charge in [0.1, 0.15) is 0 Å². The Balaban J connectivity index is 1.68. The predicted octanol–water partition coefficient (Wildman–Crippen LogP) is 0.0298. The van der Waals surface area contributed by atoms with Gasteiger partial charge in [-0.2, -0.15) is 0 Å². The molecule has 1 fully saturated rings. The van der Waals surface area contributed by atoms with Gasteiger partial charge in [-0.1, -0.05) is 0 Å². The van der Waals surface area contributed by atoms with E-state index in [1.807, 2.05) is 4.90 Å². The van der Waals surface area contributed by atoms with E-state index in [1.165, 1.54) is 0 Å². The zero-order valence-corrected chi connectivity index (χ0v) is 10.3. The van der Waals surface area contributed by atoms with Gasteiger partial charge in [0.15, 0.2) is 17.3 Å². The second kappa shape index (κ2) is 4.89. The van der Waals surface area contributed by atoms with Crippen molar-refractivity contribution in [1.82, 2.24) is 10.2 Å². The molecule has 19 heavy (non-hydrogen) atoms. The average molecular weight is 262 g/mol. The number of nitrogens with one attached hydrogen (secondary N) is 1. The fraction of sp³-hybridized carbons (Fsp3) is 0.385. The van der Waals surface area contributed by atoms with Gasteiger partial charge in [0.05, 0.1) is 13.1 Å². The van der Waals surface area contributed by atoms with Crippen LogP contribution in [-0.4, -0.2) is 49.6 Å². The number of hydrogen-bond acceptors (Lipinski definition) is 5. The topological polar surface area (TPSA) is 67.9 Å². The molecule has 2 aliphatic rings. The van der Waals surface area contributed by atoms with Crippen LogP contribution in [-0.2, 0) is 4.79 Å². The van der Waals surface area contributed by atoms with Crippen molar-refractivity contribution in [1.29, 1.82) is 0 Å². The first-order chi connectivity index (χ1) is 9.22. The summed E-state index contributed by atoms with van der Waals surface area (Å²) in [6.45, 7) is 2.00. The zero-order valence-electron chi connectivity index (χ0n) is 10.3. The number of carbonyl (C=O) groups is 2. The van der Waals surface area contributed by atoms with Crippen molar-refractivity contribution in [3.05, 3.63) is 23.8 Å². The molecule has 0 bridgehead atoms. The van der Waals surface area contributed by atoms with Crippen LogP contribution in [0.2, 0.25) is 0 Å². The van der Waals surface area contributed by atoms with Crippen LogP contribution >= 0.6 is 0 Å². The molecule has 2 heterocycles. The van der Waals surface area contributed by atoms with Gasteiger partial charge in [-0.05, 0) is 18.2 Å². The number of piperazine rings is 1. The smallest absolute Gasteiger partial charge is 0.234 e. The molecule has 2 aliphatic heterocycles. The Morgan fingerprint density at radius 1 is 1.32 bits per heavy atom. The van der Waals surface area contributed by atoms with E-state index in [9.17, 15) is 9.59 Å². The quantitative estimate of drug-likeness (QED) is 0.778. The first-order valence-corrected chi connectivity index (χ1v) is 6.14. The van der Waals surface area contributed by atoms with Crippen LogP contribution in [0.15, 0.2) is 18.2 Å². The molecule has 0 spiro atoms. The highest BCUT2D eigenvalue weighted by atomic mass is 16.7. The normalized spacial score (nSPS) is 18.2. The minimum absolute atomic E-state index is 0.0204. The molecule has 1 amide bonds. The summed E-state index contributed by atoms with van der Waals surface area (Å²) in [4.78, 5) is 25.2. The molecular weight excluding hydrogens is 248 g/mol. The molecule has 6 nitrogen and oxygen atoms in total. The van der Waals surface area contributed by atoms with Crippen molar-refractivity contribution in [3.63, 3.8) is 0 Å². The second-order valence-corrected chi connectivity index (χ2v) is 4.55. The number of hydrogen-bond donors (Lipinski definition) is 1. The van der Waals surface area contributed by atoms with E-state index in [-0.39, 0.29) is 31.6 Å². The molecule has 1 N–H and O–H groups in total. The van der Waals surface area contributed by atoms with Gasteiger partial charge >= 0.3 is 0 Å². The summed E-state index contributed by atoms with van der Waals surface area (Å²) in [6, 6.07) is 5.15. The van der Waals surface area contributed by atoms with Crippen molar-refractivity contribution in [3.8, 4) is 11.5 Å². The Morgan fingerprint density at radius 2 is 2.16 bits per heavy atom. The van der Waals surface area contributed by atoms with Crippen LogP contribution < -0.4 is 14.8 Å². The number of rotatable bonds is 3. The lowest BCUT2D eigenvalue weighted by atomic mass is 10.1. The first-order valence-electron chi connectivity index (χ1n) is 6.14. The van der Waals surface area contributed by atoms with E-state index in [4.69, 9.17) is 9.47 Å². The second-order valence-electron chi connectivity index (χ2n) is 4.55. The first kappa shape index (κ1) is 12.0. The summed E-state index contributed by atoms with van der Waals surface area (Å²) >= 11 is 0. The molecule has 0 aromatic heterocycles. The third kappa shape index (κ3) is 2.53. The van der Waals surface area contributed by atoms with Gasteiger partial charge in [0.2, 0.25) is 12.7 Å². The van der Waals surface area contributed by atoms with E-state index >= 15 is 0 Å². The monoisotopic (exact) mass is 262 g/mol. The highest BCUT2D eigenvalue weighted by Gasteiger charge is 2.21. The standard InChI is InChI=1S/C13H14N2O4/c16-10(6-15-4-3-14-13(17)7-15)9-1-2-11-12(5-9)19-8-18-11/h1-2,5H,3-4,6-8H2,(H,14,17). The third-order valence-corrected chi connectivity index (χ3v) is 3.18. The van der Waals surface area contributed by atoms with Gasteiger partial charge in [0, 0.05) is 18.7 Å². The van der Waals surface area contributed by atoms with E-state index in [0.717, 1.165) is 0 Å². The fourth-order valence-corrected chi connectivity index (χ4v) is 2.19. The van der Waals surface area contributed by atoms with Gasteiger partial charge in [-0.25, -0.2) is 0 Å². The zero-order chi connectivity index (χ0) is 13.2. The van der Waals surface area contributed by atoms with Crippen molar-refractivity contribution < 1.29 is 19.1 Å². The van der Waals surface area contributed by atoms with Crippen LogP contribution in [0, 0.1) is 0 Å². The van der Waals surface area contributed by atoms with Gasteiger partial charge in [-0.3, -0.25) is 14.5 Å². The third-order valence-electron chi connectivity index (χ3n) is 3.18. The van der Waals surface area contributed by atoms with E-state index in [2.05, 4.69) is 5.32 Å². The summed E-state index contributed by atoms with van der Waals surface area (Å²) in [5.74, 6) is 1.20. The molecule has 3 rings (SSSR count). The SMILES string of the molecule is O=C1CN(CC(=O)c2ccc3c(c2)OCO3)CCN1. The highest BCUT2D eigenvalue weighted by molar-refractivity contribution is 5.98. The molecule has 1 aromatic carbocycles. The van der Waals surface area contributed by atoms with Crippen LogP contribution in [0.25, 0.3) is 0 Å². The van der Waals surface area contributed by atoms with Crippen molar-refractivity contribution in [2.75, 3.05) is 33.0 Å². The number of Topliss-reactive ketones (excluding diaryl/α,β-unsaturated/α-hetero) is 1. The van der Waals surface area contributed by atoms with Crippen molar-refractivity contribution >= 4 is 11.7 Å². The molecule has 0 aliphatic carbocycles. The lowest BCUT2D eigenvalue weighted by Gasteiger charge is -2.25. The highest BCUT2D eigenvalue weighted by Crippen LogP contribution is 2.32. The lowest BCUT2D eigenvalue weighted by molar-refractivity contribution is -0.123. The maximum atomic E-state index is 12.1. The molecule has 100 valence electrons. The van der Waals surface area contributed by atoms with Crippen LogP contribution in [0.1, 0.15) is 10.4 Å². The number of carbonyl (C=O) groups excluding carboxylic acids is 2. The number of fused-ring (bicyclic) bond motifs is 1. The Hall–Kier alpha value is -2.08. The molecule has 1 saturated heterocycles. The predicted molar refractivity (Wildman–Crippen MR) is 66.3 cm³/mol. The molecular formula is C13H14N2O4. The average Bonchev–Trinajstić information content (AvgIpc) is 2.85. The minimum atomic E-state index is -0.0373. The summed E-state index contributed by atoms with van der Waals surface area (Å²) in [7, 11) is 0. The maximum absolute atomic E-state index is 12.1. The van der Waals surface area contributed by atoms with Gasteiger partial charge in [-0.15, -0.1) is 0 Å². The fourth-order valence-electron chi connectivity index (χ4n) is 2.19. The Morgan fingerprint density at radius 3 is 3.00 bits per heavy atom. The summed E-state index contributed by atoms with van der Waals surface area (Å²) in [5.41, 5.74) is 0.579. The van der Waals surface area contributed by atoms with Crippen LogP contribution in [0.3, 0.4) is 0 Å². The summed E-state index contributed by atoms with van der Waals surface area (Å²) in [6.07, 6.45) is 0. The van der Waals surface area contributed by atoms with E-state index in [1.54, 1.807) is 18.2 Å². The van der Waals surface area contributed by atoms with Crippen LogP contribution in [0.4, 0.5) is 0 Å². The number of amides is 1. The molecule has 0 saturated carbocycles. The minimum Gasteiger partial charge on any atom is -0.454 e. The van der Waals surface area contributed by atoms with Crippen molar-refractivity contribution in [2.24, 2.45) is 0 Å². The number of ketones is 1. The van der Waals surface area contributed by atoms with Crippen molar-refractivity contribution in [2.45, 2.75) is 0 Å². The molecule has 6 heteroatoms. The largest absolute Gasteiger partial charge is 0.454 e. The summed E-state index contributed by atoms with van der Waals surface area (Å²) in [5, 5.41) is 2.73. The number of nitrogens with zero attached hydrogens (tertiary/aromatic N) is 1. The Bertz CT molecular complexity index is 529. The number of ether oxygens (including phenoxy) is 2. The lowest BCUT2D eigenvalue weighted by Crippen LogP contribution is -2.49. The molecule has 0 unspecified atom stereocenters. The van der Waals surface area contributed by atoms with Crippen LogP contribution in [0.5, 0.6) is 11.5 Å².